The predicted molar refractivity (Wildman–Crippen MR) is 110 cm³/mol. The first-order valence-electron chi connectivity index (χ1n) is 10.5. The summed E-state index contributed by atoms with van der Waals surface area (Å²) in [7, 11) is 0. The molecule has 0 heterocycles. The summed E-state index contributed by atoms with van der Waals surface area (Å²) in [6.07, 6.45) is 8.26. The lowest BCUT2D eigenvalue weighted by molar-refractivity contribution is -0.137. The van der Waals surface area contributed by atoms with Gasteiger partial charge in [-0.25, -0.2) is 0 Å². The number of aliphatic hydroxyl groups is 3. The Morgan fingerprint density at radius 3 is 2.32 bits per heavy atom. The second kappa shape index (κ2) is 12.0. The van der Waals surface area contributed by atoms with Crippen molar-refractivity contribution in [3.63, 3.8) is 0 Å². The van der Waals surface area contributed by atoms with Crippen LogP contribution in [0.2, 0.25) is 0 Å². The minimum Gasteiger partial charge on any atom is -0.481 e. The molecule has 0 saturated heterocycles. The monoisotopic (exact) mass is 390 g/mol. The van der Waals surface area contributed by atoms with Crippen molar-refractivity contribution in [2.75, 3.05) is 0 Å². The first kappa shape index (κ1) is 22.6. The fourth-order valence-corrected chi connectivity index (χ4v) is 4.24. The molecule has 0 amide bonds. The van der Waals surface area contributed by atoms with E-state index in [2.05, 4.69) is 0 Å². The van der Waals surface area contributed by atoms with Crippen LogP contribution in [0.15, 0.2) is 36.4 Å². The van der Waals surface area contributed by atoms with Gasteiger partial charge in [-0.2, -0.15) is 0 Å². The number of carboxylic acids is 1. The quantitative estimate of drug-likeness (QED) is 0.409. The minimum atomic E-state index is -0.755. The lowest BCUT2D eigenvalue weighted by atomic mass is 9.85. The average molecular weight is 391 g/mol. The maximum absolute atomic E-state index is 10.5. The van der Waals surface area contributed by atoms with Crippen LogP contribution in [-0.2, 0) is 4.79 Å². The summed E-state index contributed by atoms with van der Waals surface area (Å²) >= 11 is 0. The highest BCUT2D eigenvalue weighted by atomic mass is 16.4. The van der Waals surface area contributed by atoms with Crippen LogP contribution >= 0.6 is 0 Å². The molecule has 2 rings (SSSR count). The van der Waals surface area contributed by atoms with E-state index in [0.29, 0.717) is 25.7 Å². The Morgan fingerprint density at radius 2 is 1.64 bits per heavy atom. The minimum absolute atomic E-state index is 0.00814. The molecule has 2 unspecified atom stereocenters. The van der Waals surface area contributed by atoms with Gasteiger partial charge < -0.3 is 20.4 Å². The Labute approximate surface area is 167 Å². The van der Waals surface area contributed by atoms with Crippen molar-refractivity contribution in [3.8, 4) is 0 Å². The van der Waals surface area contributed by atoms with Crippen LogP contribution in [-0.4, -0.2) is 44.7 Å². The molecule has 28 heavy (non-hydrogen) atoms. The molecule has 156 valence electrons. The summed E-state index contributed by atoms with van der Waals surface area (Å²) in [6, 6.07) is 9.82. The van der Waals surface area contributed by atoms with Crippen molar-refractivity contribution < 1.29 is 25.2 Å². The van der Waals surface area contributed by atoms with E-state index in [4.69, 9.17) is 5.11 Å². The van der Waals surface area contributed by atoms with E-state index >= 15 is 0 Å². The van der Waals surface area contributed by atoms with Crippen LogP contribution in [0.5, 0.6) is 0 Å². The summed E-state index contributed by atoms with van der Waals surface area (Å²) in [5.41, 5.74) is 1.04. The first-order chi connectivity index (χ1) is 13.5. The van der Waals surface area contributed by atoms with E-state index in [1.54, 1.807) is 6.08 Å². The molecule has 0 bridgehead atoms. The molecule has 1 aromatic rings. The van der Waals surface area contributed by atoms with E-state index in [1.165, 1.54) is 0 Å². The summed E-state index contributed by atoms with van der Waals surface area (Å²) < 4.78 is 0. The zero-order chi connectivity index (χ0) is 20.4. The van der Waals surface area contributed by atoms with Crippen LogP contribution < -0.4 is 0 Å². The molecule has 5 heteroatoms. The van der Waals surface area contributed by atoms with E-state index in [1.807, 2.05) is 36.4 Å². The predicted octanol–water partition coefficient (Wildman–Crippen LogP) is 3.62. The number of aliphatic carboxylic acids is 1. The number of hydrogen-bond acceptors (Lipinski definition) is 4. The third-order valence-electron chi connectivity index (χ3n) is 5.81. The zero-order valence-electron chi connectivity index (χ0n) is 16.5. The van der Waals surface area contributed by atoms with Crippen molar-refractivity contribution in [1.82, 2.24) is 0 Å². The number of carbonyl (C=O) groups is 1. The highest BCUT2D eigenvalue weighted by Crippen LogP contribution is 2.39. The maximum Gasteiger partial charge on any atom is 0.303 e. The Balaban J connectivity index is 1.74. The van der Waals surface area contributed by atoms with E-state index in [-0.39, 0.29) is 18.3 Å². The Hall–Kier alpha value is -1.69. The van der Waals surface area contributed by atoms with Gasteiger partial charge in [0.1, 0.15) is 0 Å². The van der Waals surface area contributed by atoms with Crippen LogP contribution in [0, 0.1) is 11.8 Å². The molecular weight excluding hydrogens is 356 g/mol. The number of carboxylic acid groups (broad SMARTS) is 1. The summed E-state index contributed by atoms with van der Waals surface area (Å²) in [4.78, 5) is 10.5. The van der Waals surface area contributed by atoms with Gasteiger partial charge in [0.2, 0.25) is 0 Å². The highest BCUT2D eigenvalue weighted by molar-refractivity contribution is 5.66. The van der Waals surface area contributed by atoms with Gasteiger partial charge in [0.25, 0.3) is 0 Å². The fourth-order valence-electron chi connectivity index (χ4n) is 4.24. The van der Waals surface area contributed by atoms with Gasteiger partial charge in [-0.1, -0.05) is 61.7 Å². The summed E-state index contributed by atoms with van der Waals surface area (Å²) in [6.45, 7) is 0. The molecule has 1 saturated carbocycles. The van der Waals surface area contributed by atoms with Gasteiger partial charge in [-0.15, -0.1) is 0 Å². The third-order valence-corrected chi connectivity index (χ3v) is 5.81. The topological polar surface area (TPSA) is 98.0 Å². The molecule has 5 atom stereocenters. The normalized spacial score (nSPS) is 26.0. The van der Waals surface area contributed by atoms with Gasteiger partial charge >= 0.3 is 5.97 Å². The van der Waals surface area contributed by atoms with Gasteiger partial charge in [-0.05, 0) is 49.5 Å². The van der Waals surface area contributed by atoms with E-state index in [0.717, 1.165) is 31.2 Å². The SMILES string of the molecule is O=C(O)CCCCCC[C@@H]1C(CCC(O)C=Cc2ccccc2)[C@H](O)C[C@@H]1O. The van der Waals surface area contributed by atoms with Crippen LogP contribution in [0.4, 0.5) is 0 Å². The summed E-state index contributed by atoms with van der Waals surface area (Å²) in [5, 5.41) is 39.5. The maximum atomic E-state index is 10.5. The Kier molecular flexibility index (Phi) is 9.68. The lowest BCUT2D eigenvalue weighted by Crippen LogP contribution is -2.23. The molecule has 0 aliphatic heterocycles. The molecule has 0 spiro atoms. The molecular formula is C23H34O5. The molecule has 1 fully saturated rings. The first-order valence-corrected chi connectivity index (χ1v) is 10.5. The van der Waals surface area contributed by atoms with Crippen LogP contribution in [0.25, 0.3) is 6.08 Å². The van der Waals surface area contributed by atoms with Crippen molar-refractivity contribution in [3.05, 3.63) is 42.0 Å². The highest BCUT2D eigenvalue weighted by Gasteiger charge is 2.40. The number of aliphatic hydroxyl groups excluding tert-OH is 3. The molecule has 5 nitrogen and oxygen atoms in total. The second-order valence-corrected chi connectivity index (χ2v) is 7.96. The molecule has 1 aliphatic rings. The zero-order valence-corrected chi connectivity index (χ0v) is 16.5. The average Bonchev–Trinajstić information content (AvgIpc) is 2.94. The van der Waals surface area contributed by atoms with Crippen LogP contribution in [0.3, 0.4) is 0 Å². The Bertz CT molecular complexity index is 600. The molecule has 0 radical (unpaired) electrons. The standard InChI is InChI=1S/C23H34O5/c24-18(13-12-17-8-4-3-5-9-17)14-15-20-19(21(25)16-22(20)26)10-6-1-2-7-11-23(27)28/h3-5,8-9,12-13,18-22,24-26H,1-2,6-7,10-11,14-16H2,(H,27,28)/t18?,19-,20?,21+,22-/m1/s1. The number of benzene rings is 1. The van der Waals surface area contributed by atoms with Crippen molar-refractivity contribution in [1.29, 1.82) is 0 Å². The van der Waals surface area contributed by atoms with E-state index < -0.39 is 24.3 Å². The number of hydrogen-bond donors (Lipinski definition) is 4. The van der Waals surface area contributed by atoms with Gasteiger partial charge in [-0.3, -0.25) is 4.79 Å². The summed E-state index contributed by atoms with van der Waals surface area (Å²) in [5.74, 6) is -0.692. The third kappa shape index (κ3) is 7.74. The van der Waals surface area contributed by atoms with Gasteiger partial charge in [0.05, 0.1) is 18.3 Å². The van der Waals surface area contributed by atoms with Crippen molar-refractivity contribution >= 4 is 12.0 Å². The van der Waals surface area contributed by atoms with Crippen molar-refractivity contribution in [2.24, 2.45) is 11.8 Å². The van der Waals surface area contributed by atoms with E-state index in [9.17, 15) is 20.1 Å². The fraction of sp³-hybridized carbons (Fsp3) is 0.609. The van der Waals surface area contributed by atoms with Crippen molar-refractivity contribution in [2.45, 2.75) is 76.1 Å². The molecule has 1 aromatic carbocycles. The second-order valence-electron chi connectivity index (χ2n) is 7.96. The molecule has 4 N–H and O–H groups in total. The van der Waals surface area contributed by atoms with Gasteiger partial charge in [0, 0.05) is 6.42 Å². The van der Waals surface area contributed by atoms with Crippen LogP contribution in [0.1, 0.15) is 63.4 Å². The molecule has 1 aliphatic carbocycles. The number of unbranched alkanes of at least 4 members (excludes halogenated alkanes) is 3. The largest absolute Gasteiger partial charge is 0.481 e. The smallest absolute Gasteiger partial charge is 0.303 e. The lowest BCUT2D eigenvalue weighted by Gasteiger charge is -2.24. The molecule has 0 aromatic heterocycles. The van der Waals surface area contributed by atoms with Gasteiger partial charge in [0.15, 0.2) is 0 Å². The Morgan fingerprint density at radius 1 is 1.00 bits per heavy atom. The number of rotatable bonds is 12.